The Hall–Kier alpha value is -1.95. The zero-order valence-electron chi connectivity index (χ0n) is 14.9. The van der Waals surface area contributed by atoms with E-state index in [1.54, 1.807) is 27.5 Å². The Labute approximate surface area is 144 Å². The minimum absolute atomic E-state index is 0.569. The van der Waals surface area contributed by atoms with Crippen molar-refractivity contribution in [1.82, 2.24) is 4.90 Å². The van der Waals surface area contributed by atoms with Crippen LogP contribution in [0.1, 0.15) is 31.2 Å². The minimum atomic E-state index is 0.569. The molecule has 24 heavy (non-hydrogen) atoms. The summed E-state index contributed by atoms with van der Waals surface area (Å²) in [5.41, 5.74) is 0.833. The van der Waals surface area contributed by atoms with E-state index < -0.39 is 0 Å². The molecule has 0 bridgehead atoms. The third-order valence-electron chi connectivity index (χ3n) is 4.16. The van der Waals surface area contributed by atoms with Gasteiger partial charge < -0.3 is 19.0 Å². The maximum Gasteiger partial charge on any atom is 0.203 e. The zero-order chi connectivity index (χ0) is 17.2. The first kappa shape index (κ1) is 18.4. The standard InChI is InChI=1S/C18H28N2O4/c1-21-16-12-15(13-17(22-2)18(16)23-3)14-19-24-11-10-20-8-6-4-5-7-9-20/h12-14H,4-11H2,1-3H3/b19-14-. The zero-order valence-corrected chi connectivity index (χ0v) is 14.9. The fourth-order valence-electron chi connectivity index (χ4n) is 2.86. The molecule has 0 saturated carbocycles. The van der Waals surface area contributed by atoms with Crippen LogP contribution in [-0.2, 0) is 4.84 Å². The van der Waals surface area contributed by atoms with Crippen molar-refractivity contribution in [2.24, 2.45) is 5.16 Å². The predicted octanol–water partition coefficient (Wildman–Crippen LogP) is 2.94. The average molecular weight is 336 g/mol. The molecule has 1 aliphatic heterocycles. The fraction of sp³-hybridized carbons (Fsp3) is 0.611. The van der Waals surface area contributed by atoms with Gasteiger partial charge in [0.25, 0.3) is 0 Å². The molecular weight excluding hydrogens is 308 g/mol. The van der Waals surface area contributed by atoms with Crippen molar-refractivity contribution in [3.05, 3.63) is 17.7 Å². The van der Waals surface area contributed by atoms with E-state index in [0.29, 0.717) is 23.9 Å². The lowest BCUT2D eigenvalue weighted by atomic mass is 10.2. The lowest BCUT2D eigenvalue weighted by Gasteiger charge is -2.18. The van der Waals surface area contributed by atoms with Gasteiger partial charge in [-0.05, 0) is 38.1 Å². The van der Waals surface area contributed by atoms with Crippen LogP contribution in [0, 0.1) is 0 Å². The van der Waals surface area contributed by atoms with Gasteiger partial charge in [0.05, 0.1) is 27.5 Å². The lowest BCUT2D eigenvalue weighted by molar-refractivity contribution is 0.113. The summed E-state index contributed by atoms with van der Waals surface area (Å²) in [6, 6.07) is 3.67. The minimum Gasteiger partial charge on any atom is -0.493 e. The van der Waals surface area contributed by atoms with E-state index in [1.165, 1.54) is 38.8 Å². The quantitative estimate of drug-likeness (QED) is 0.415. The van der Waals surface area contributed by atoms with Gasteiger partial charge in [0.1, 0.15) is 6.61 Å². The maximum atomic E-state index is 5.40. The molecule has 0 unspecified atom stereocenters. The first-order valence-corrected chi connectivity index (χ1v) is 8.46. The first-order valence-electron chi connectivity index (χ1n) is 8.46. The monoisotopic (exact) mass is 336 g/mol. The summed E-state index contributed by atoms with van der Waals surface area (Å²) in [5.74, 6) is 1.77. The highest BCUT2D eigenvalue weighted by molar-refractivity contribution is 5.82. The van der Waals surface area contributed by atoms with E-state index in [9.17, 15) is 0 Å². The highest BCUT2D eigenvalue weighted by atomic mass is 16.6. The second-order valence-electron chi connectivity index (χ2n) is 5.78. The Bertz CT molecular complexity index is 501. The molecule has 1 aromatic rings. The molecule has 1 aliphatic rings. The smallest absolute Gasteiger partial charge is 0.203 e. The molecule has 0 atom stereocenters. The van der Waals surface area contributed by atoms with Crippen LogP contribution >= 0.6 is 0 Å². The van der Waals surface area contributed by atoms with Crippen molar-refractivity contribution in [2.45, 2.75) is 25.7 Å². The molecule has 6 heteroatoms. The van der Waals surface area contributed by atoms with Crippen LogP contribution in [0.15, 0.2) is 17.3 Å². The second kappa shape index (κ2) is 10.0. The molecule has 0 radical (unpaired) electrons. The van der Waals surface area contributed by atoms with Crippen molar-refractivity contribution in [2.75, 3.05) is 47.6 Å². The second-order valence-corrected chi connectivity index (χ2v) is 5.78. The molecule has 0 aromatic heterocycles. The summed E-state index contributed by atoms with van der Waals surface area (Å²) >= 11 is 0. The number of methoxy groups -OCH3 is 3. The summed E-state index contributed by atoms with van der Waals surface area (Å²) in [4.78, 5) is 7.85. The molecule has 0 N–H and O–H groups in total. The van der Waals surface area contributed by atoms with Crippen LogP contribution in [0.4, 0.5) is 0 Å². The largest absolute Gasteiger partial charge is 0.493 e. The molecule has 6 nitrogen and oxygen atoms in total. The molecule has 1 fully saturated rings. The predicted molar refractivity (Wildman–Crippen MR) is 94.6 cm³/mol. The fourth-order valence-corrected chi connectivity index (χ4v) is 2.86. The van der Waals surface area contributed by atoms with Crippen LogP contribution in [0.2, 0.25) is 0 Å². The molecule has 1 aromatic carbocycles. The average Bonchev–Trinajstić information content (AvgIpc) is 2.89. The Morgan fingerprint density at radius 1 is 0.958 bits per heavy atom. The van der Waals surface area contributed by atoms with Crippen molar-refractivity contribution >= 4 is 6.21 Å². The van der Waals surface area contributed by atoms with E-state index >= 15 is 0 Å². The molecule has 1 saturated heterocycles. The van der Waals surface area contributed by atoms with Gasteiger partial charge in [-0.15, -0.1) is 0 Å². The van der Waals surface area contributed by atoms with E-state index in [-0.39, 0.29) is 0 Å². The first-order chi connectivity index (χ1) is 11.8. The van der Waals surface area contributed by atoms with Gasteiger partial charge in [0.2, 0.25) is 5.75 Å². The van der Waals surface area contributed by atoms with Crippen LogP contribution in [0.25, 0.3) is 0 Å². The van der Waals surface area contributed by atoms with Gasteiger partial charge in [-0.2, -0.15) is 0 Å². The number of likely N-dealkylation sites (tertiary alicyclic amines) is 1. The molecular formula is C18H28N2O4. The van der Waals surface area contributed by atoms with Crippen LogP contribution in [-0.4, -0.2) is 58.7 Å². The number of rotatable bonds is 8. The van der Waals surface area contributed by atoms with E-state index in [0.717, 1.165) is 12.1 Å². The Kier molecular flexibility index (Phi) is 7.68. The number of ether oxygens (including phenoxy) is 3. The highest BCUT2D eigenvalue weighted by Crippen LogP contribution is 2.37. The van der Waals surface area contributed by atoms with Crippen molar-refractivity contribution in [3.63, 3.8) is 0 Å². The van der Waals surface area contributed by atoms with Gasteiger partial charge in [-0.1, -0.05) is 18.0 Å². The normalized spacial score (nSPS) is 16.0. The highest BCUT2D eigenvalue weighted by Gasteiger charge is 2.12. The molecule has 2 rings (SSSR count). The van der Waals surface area contributed by atoms with E-state index in [4.69, 9.17) is 19.0 Å². The van der Waals surface area contributed by atoms with E-state index in [2.05, 4.69) is 10.1 Å². The Morgan fingerprint density at radius 2 is 1.58 bits per heavy atom. The molecule has 0 amide bonds. The Morgan fingerprint density at radius 3 is 2.12 bits per heavy atom. The van der Waals surface area contributed by atoms with Gasteiger partial charge >= 0.3 is 0 Å². The summed E-state index contributed by atoms with van der Waals surface area (Å²) in [7, 11) is 4.77. The van der Waals surface area contributed by atoms with Gasteiger partial charge in [0.15, 0.2) is 11.5 Å². The number of hydrogen-bond acceptors (Lipinski definition) is 6. The number of nitrogens with zero attached hydrogens (tertiary/aromatic N) is 2. The maximum absolute atomic E-state index is 5.40. The van der Waals surface area contributed by atoms with Gasteiger partial charge in [0, 0.05) is 12.1 Å². The van der Waals surface area contributed by atoms with Crippen LogP contribution in [0.3, 0.4) is 0 Å². The molecule has 134 valence electrons. The molecule has 0 spiro atoms. The van der Waals surface area contributed by atoms with Crippen LogP contribution < -0.4 is 14.2 Å². The summed E-state index contributed by atoms with van der Waals surface area (Å²) in [6.45, 7) is 3.85. The van der Waals surface area contributed by atoms with E-state index in [1.807, 2.05) is 12.1 Å². The Balaban J connectivity index is 1.87. The number of benzene rings is 1. The third kappa shape index (κ3) is 5.30. The lowest BCUT2D eigenvalue weighted by Crippen LogP contribution is -2.28. The summed E-state index contributed by atoms with van der Waals surface area (Å²) < 4.78 is 16.0. The van der Waals surface area contributed by atoms with Gasteiger partial charge in [-0.3, -0.25) is 4.90 Å². The topological polar surface area (TPSA) is 52.5 Å². The SMILES string of the molecule is COc1cc(/C=N\OCCN2CCCCCC2)cc(OC)c1OC. The van der Waals surface area contributed by atoms with Crippen molar-refractivity contribution in [3.8, 4) is 17.2 Å². The van der Waals surface area contributed by atoms with Crippen molar-refractivity contribution in [1.29, 1.82) is 0 Å². The summed E-state index contributed by atoms with van der Waals surface area (Å²) in [6.07, 6.45) is 6.92. The van der Waals surface area contributed by atoms with Gasteiger partial charge in [-0.25, -0.2) is 0 Å². The van der Waals surface area contributed by atoms with Crippen LogP contribution in [0.5, 0.6) is 17.2 Å². The summed E-state index contributed by atoms with van der Waals surface area (Å²) in [5, 5.41) is 4.05. The third-order valence-corrected chi connectivity index (χ3v) is 4.16. The number of oxime groups is 1. The molecule has 0 aliphatic carbocycles. The number of hydrogen-bond donors (Lipinski definition) is 0. The van der Waals surface area contributed by atoms with Crippen molar-refractivity contribution < 1.29 is 19.0 Å². The molecule has 1 heterocycles.